The van der Waals surface area contributed by atoms with Crippen LogP contribution >= 0.6 is 0 Å². The quantitative estimate of drug-likeness (QED) is 0.0914. The number of para-hydroxylation sites is 2. The average molecular weight is 747 g/mol. The Morgan fingerprint density at radius 1 is 0.518 bits per heavy atom. The third-order valence-corrected chi connectivity index (χ3v) is 9.96. The Kier molecular flexibility index (Phi) is 11.8. The molecule has 8 rings (SSSR count). The van der Waals surface area contributed by atoms with E-state index >= 15 is 0 Å². The van der Waals surface area contributed by atoms with Gasteiger partial charge in [0.25, 0.3) is 0 Å². The summed E-state index contributed by atoms with van der Waals surface area (Å²) in [6, 6.07) is 32.5. The zero-order valence-electron chi connectivity index (χ0n) is 31.7. The number of aliphatic hydroxyl groups excluding tert-OH is 2. The van der Waals surface area contributed by atoms with Crippen LogP contribution in [0.1, 0.15) is 33.4 Å². The van der Waals surface area contributed by atoms with Crippen LogP contribution in [-0.2, 0) is 25.7 Å². The molecule has 0 aliphatic heterocycles. The Hall–Kier alpha value is -6.36. The number of hydrogen-bond donors (Lipinski definition) is 4. The normalized spacial score (nSPS) is 11.2. The van der Waals surface area contributed by atoms with Crippen molar-refractivity contribution in [1.82, 2.24) is 19.9 Å². The molecule has 0 unspecified atom stereocenters. The first-order valence-electron chi connectivity index (χ1n) is 18.8. The van der Waals surface area contributed by atoms with E-state index in [4.69, 9.17) is 31.2 Å². The monoisotopic (exact) mass is 746 g/mol. The third-order valence-electron chi connectivity index (χ3n) is 9.96. The van der Waals surface area contributed by atoms with Crippen LogP contribution in [0.3, 0.4) is 0 Å². The molecule has 0 saturated heterocycles. The van der Waals surface area contributed by atoms with E-state index < -0.39 is 0 Å². The molecule has 0 aliphatic rings. The molecular formula is C46H46N6O4. The van der Waals surface area contributed by atoms with Crippen molar-refractivity contribution in [1.29, 1.82) is 0 Å². The minimum atomic E-state index is 0.0183. The first-order chi connectivity index (χ1) is 27.3. The third kappa shape index (κ3) is 8.62. The molecule has 10 nitrogen and oxygen atoms in total. The predicted molar refractivity (Wildman–Crippen MR) is 225 cm³/mol. The highest BCUT2D eigenvalue weighted by molar-refractivity contribution is 6.09. The summed E-state index contributed by atoms with van der Waals surface area (Å²) in [5, 5.41) is 22.0. The Morgan fingerprint density at radius 2 is 0.946 bits per heavy atom. The Bertz CT molecular complexity index is 2470. The van der Waals surface area contributed by atoms with E-state index in [-0.39, 0.29) is 13.2 Å². The first kappa shape index (κ1) is 37.9. The van der Waals surface area contributed by atoms with Gasteiger partial charge in [-0.3, -0.25) is 9.97 Å². The highest BCUT2D eigenvalue weighted by Crippen LogP contribution is 2.29. The molecule has 56 heavy (non-hydrogen) atoms. The lowest BCUT2D eigenvalue weighted by Gasteiger charge is -2.11. The predicted octanol–water partition coefficient (Wildman–Crippen LogP) is 7.66. The average Bonchev–Trinajstić information content (AvgIpc) is 3.21. The number of nitrogens with zero attached hydrogens (tertiary/aromatic N) is 4. The van der Waals surface area contributed by atoms with Crippen molar-refractivity contribution in [3.05, 3.63) is 143 Å². The van der Waals surface area contributed by atoms with E-state index in [0.717, 1.165) is 80.8 Å². The van der Waals surface area contributed by atoms with Crippen molar-refractivity contribution in [3.8, 4) is 11.5 Å². The van der Waals surface area contributed by atoms with Crippen molar-refractivity contribution in [3.63, 3.8) is 0 Å². The van der Waals surface area contributed by atoms with Crippen LogP contribution in [0.4, 0.5) is 11.6 Å². The van der Waals surface area contributed by atoms with Crippen LogP contribution in [-0.4, -0.2) is 56.6 Å². The zero-order valence-corrected chi connectivity index (χ0v) is 31.7. The van der Waals surface area contributed by atoms with Gasteiger partial charge < -0.3 is 31.2 Å². The molecule has 0 bridgehead atoms. The summed E-state index contributed by atoms with van der Waals surface area (Å²) in [6.07, 6.45) is 7.39. The molecule has 0 saturated carbocycles. The topological polar surface area (TPSA) is 163 Å². The highest BCUT2D eigenvalue weighted by Gasteiger charge is 2.11. The molecule has 8 aromatic rings. The van der Waals surface area contributed by atoms with Crippen LogP contribution < -0.4 is 20.9 Å². The van der Waals surface area contributed by atoms with Crippen molar-refractivity contribution < 1.29 is 19.7 Å². The molecule has 10 heteroatoms. The number of benzene rings is 4. The summed E-state index contributed by atoms with van der Waals surface area (Å²) in [6.45, 7) is 4.83. The molecule has 0 aliphatic carbocycles. The molecular weight excluding hydrogens is 701 g/mol. The molecule has 0 radical (unpaired) electrons. The maximum Gasteiger partial charge on any atom is 0.150 e. The summed E-state index contributed by atoms with van der Waals surface area (Å²) in [7, 11) is 0. The van der Waals surface area contributed by atoms with Gasteiger partial charge in [-0.1, -0.05) is 48.5 Å². The molecule has 0 spiro atoms. The van der Waals surface area contributed by atoms with E-state index in [9.17, 15) is 0 Å². The Balaban J connectivity index is 0.000000172. The van der Waals surface area contributed by atoms with Crippen molar-refractivity contribution in [2.75, 3.05) is 37.9 Å². The molecule has 4 heterocycles. The lowest BCUT2D eigenvalue weighted by Crippen LogP contribution is -2.02. The van der Waals surface area contributed by atoms with E-state index in [1.54, 1.807) is 0 Å². The van der Waals surface area contributed by atoms with Gasteiger partial charge in [0.05, 0.1) is 24.2 Å². The zero-order chi connectivity index (χ0) is 39.0. The van der Waals surface area contributed by atoms with Gasteiger partial charge >= 0.3 is 0 Å². The first-order valence-corrected chi connectivity index (χ1v) is 18.8. The fraction of sp³-hybridized carbons (Fsp3) is 0.217. The number of anilines is 2. The number of fused-ring (bicyclic) bond motifs is 6. The minimum absolute atomic E-state index is 0.0183. The van der Waals surface area contributed by atoms with Crippen molar-refractivity contribution in [2.45, 2.75) is 39.5 Å². The van der Waals surface area contributed by atoms with Crippen LogP contribution in [0.5, 0.6) is 11.5 Å². The molecule has 284 valence electrons. The van der Waals surface area contributed by atoms with Gasteiger partial charge in [0.15, 0.2) is 11.6 Å². The van der Waals surface area contributed by atoms with Crippen LogP contribution in [0.25, 0.3) is 43.6 Å². The summed E-state index contributed by atoms with van der Waals surface area (Å²) in [5.74, 6) is 2.51. The number of nitrogens with two attached hydrogens (primary N) is 2. The maximum atomic E-state index is 8.88. The number of nitrogen functional groups attached to an aromatic ring is 2. The standard InChI is InChI=1S/2C23H23N3O2/c2*1-15-12-18(28-11-10-27)9-8-17(15)7-6-16-13-20-19-4-2-3-5-21(19)26-23(24)22(20)25-14-16/h2*2-5,8-9,12-14,27H,6-7,10-11H2,1H3,(H2,24,26). The van der Waals surface area contributed by atoms with Gasteiger partial charge in [-0.25, -0.2) is 9.97 Å². The molecule has 0 atom stereocenters. The fourth-order valence-corrected chi connectivity index (χ4v) is 7.03. The van der Waals surface area contributed by atoms with E-state index in [0.29, 0.717) is 24.8 Å². The van der Waals surface area contributed by atoms with Gasteiger partial charge in [0.2, 0.25) is 0 Å². The van der Waals surface area contributed by atoms with Gasteiger partial charge in [-0.15, -0.1) is 0 Å². The molecule has 4 aromatic carbocycles. The summed E-state index contributed by atoms with van der Waals surface area (Å²) in [5.41, 5.74) is 22.8. The molecule has 0 fully saturated rings. The summed E-state index contributed by atoms with van der Waals surface area (Å²) < 4.78 is 11.0. The van der Waals surface area contributed by atoms with Crippen molar-refractivity contribution in [2.24, 2.45) is 0 Å². The van der Waals surface area contributed by atoms with Gasteiger partial charge in [0, 0.05) is 33.9 Å². The Labute approximate surface area is 325 Å². The van der Waals surface area contributed by atoms with Crippen LogP contribution in [0.2, 0.25) is 0 Å². The number of ether oxygens (including phenoxy) is 2. The minimum Gasteiger partial charge on any atom is -0.491 e. The smallest absolute Gasteiger partial charge is 0.150 e. The second-order valence-electron chi connectivity index (χ2n) is 13.8. The molecule has 0 amide bonds. The van der Waals surface area contributed by atoms with Gasteiger partial charge in [-0.05, 0) is 121 Å². The lowest BCUT2D eigenvalue weighted by molar-refractivity contribution is 0.201. The summed E-state index contributed by atoms with van der Waals surface area (Å²) in [4.78, 5) is 18.1. The number of aryl methyl sites for hydroxylation is 6. The largest absolute Gasteiger partial charge is 0.491 e. The SMILES string of the molecule is Cc1cc(OCCO)ccc1CCc1cnc2c(N)nc3ccccc3c2c1.Cc1cc(OCCO)ccc1CCc1cnc2c(N)nc3ccccc3c2c1. The Morgan fingerprint density at radius 3 is 1.36 bits per heavy atom. The number of hydrogen-bond acceptors (Lipinski definition) is 10. The number of rotatable bonds is 12. The second kappa shape index (κ2) is 17.4. The number of pyridine rings is 4. The summed E-state index contributed by atoms with van der Waals surface area (Å²) >= 11 is 0. The van der Waals surface area contributed by atoms with E-state index in [1.165, 1.54) is 33.4 Å². The van der Waals surface area contributed by atoms with Crippen molar-refractivity contribution >= 4 is 55.2 Å². The second-order valence-corrected chi connectivity index (χ2v) is 13.8. The number of aromatic nitrogens is 4. The molecule has 4 aromatic heterocycles. The van der Waals surface area contributed by atoms with Gasteiger partial charge in [-0.2, -0.15) is 0 Å². The maximum absolute atomic E-state index is 8.88. The molecule has 6 N–H and O–H groups in total. The lowest BCUT2D eigenvalue weighted by atomic mass is 10.00. The highest BCUT2D eigenvalue weighted by atomic mass is 16.5. The van der Waals surface area contributed by atoms with Gasteiger partial charge in [0.1, 0.15) is 35.7 Å². The van der Waals surface area contributed by atoms with Crippen LogP contribution in [0.15, 0.2) is 109 Å². The van der Waals surface area contributed by atoms with E-state index in [1.807, 2.05) is 73.1 Å². The fourth-order valence-electron chi connectivity index (χ4n) is 7.03. The van der Waals surface area contributed by atoms with E-state index in [2.05, 4.69) is 70.2 Å². The van der Waals surface area contributed by atoms with Crippen LogP contribution in [0, 0.1) is 13.8 Å². The number of aliphatic hydroxyl groups is 2.